The zero-order valence-electron chi connectivity index (χ0n) is 8.66. The second-order valence-electron chi connectivity index (χ2n) is 3.63. The fraction of sp³-hybridized carbons (Fsp3) is 0.364. The van der Waals surface area contributed by atoms with Gasteiger partial charge in [-0.05, 0) is 44.5 Å². The van der Waals surface area contributed by atoms with Crippen LogP contribution in [0.5, 0.6) is 5.75 Å². The maximum atomic E-state index is 11.6. The van der Waals surface area contributed by atoms with Crippen LogP contribution in [0.4, 0.5) is 0 Å². The summed E-state index contributed by atoms with van der Waals surface area (Å²) >= 11 is 0. The van der Waals surface area contributed by atoms with Crippen LogP contribution in [-0.4, -0.2) is 17.1 Å². The third kappa shape index (κ3) is 2.49. The quantitative estimate of drug-likeness (QED) is 0.753. The molecule has 0 spiro atoms. The van der Waals surface area contributed by atoms with Gasteiger partial charge in [0, 0.05) is 11.6 Å². The Morgan fingerprint density at radius 3 is 2.57 bits per heavy atom. The summed E-state index contributed by atoms with van der Waals surface area (Å²) in [5.41, 5.74) is 1.39. The van der Waals surface area contributed by atoms with Crippen molar-refractivity contribution in [1.29, 1.82) is 0 Å². The van der Waals surface area contributed by atoms with Crippen LogP contribution in [0, 0.1) is 6.92 Å². The first-order valence-corrected chi connectivity index (χ1v) is 4.61. The molecule has 2 N–H and O–H groups in total. The summed E-state index contributed by atoms with van der Waals surface area (Å²) in [4.78, 5) is 11.6. The summed E-state index contributed by atoms with van der Waals surface area (Å²) in [7, 11) is 0. The van der Waals surface area contributed by atoms with E-state index in [1.807, 2.05) is 13.8 Å². The molecule has 0 bridgehead atoms. The van der Waals surface area contributed by atoms with Gasteiger partial charge in [0.15, 0.2) is 0 Å². The standard InChI is InChI=1S/C11H15NO2/c1-7(2)12-11(14)10-5-4-9(13)6-8(10)3/h4-7,13H,1-3H3,(H,12,14). The molecule has 76 valence electrons. The first-order valence-electron chi connectivity index (χ1n) is 4.61. The molecule has 3 nitrogen and oxygen atoms in total. The molecule has 0 atom stereocenters. The van der Waals surface area contributed by atoms with Crippen molar-refractivity contribution in [2.75, 3.05) is 0 Å². The SMILES string of the molecule is Cc1cc(O)ccc1C(=O)NC(C)C. The molecule has 1 aromatic rings. The molecule has 0 saturated heterocycles. The largest absolute Gasteiger partial charge is 0.508 e. The molecule has 14 heavy (non-hydrogen) atoms. The number of phenolic OH excluding ortho intramolecular Hbond substituents is 1. The van der Waals surface area contributed by atoms with E-state index in [4.69, 9.17) is 5.11 Å². The van der Waals surface area contributed by atoms with Gasteiger partial charge in [0.2, 0.25) is 0 Å². The molecule has 1 rings (SSSR count). The van der Waals surface area contributed by atoms with E-state index in [2.05, 4.69) is 5.32 Å². The molecule has 0 aliphatic rings. The van der Waals surface area contributed by atoms with E-state index in [0.29, 0.717) is 5.56 Å². The maximum Gasteiger partial charge on any atom is 0.251 e. The zero-order valence-corrected chi connectivity index (χ0v) is 8.66. The second-order valence-corrected chi connectivity index (χ2v) is 3.63. The maximum absolute atomic E-state index is 11.6. The van der Waals surface area contributed by atoms with Crippen LogP contribution in [0.15, 0.2) is 18.2 Å². The molecule has 0 heterocycles. The Hall–Kier alpha value is -1.51. The van der Waals surface area contributed by atoms with Crippen molar-refractivity contribution >= 4 is 5.91 Å². The van der Waals surface area contributed by atoms with E-state index in [1.54, 1.807) is 19.1 Å². The van der Waals surface area contributed by atoms with Gasteiger partial charge >= 0.3 is 0 Å². The highest BCUT2D eigenvalue weighted by Crippen LogP contribution is 2.15. The molecular formula is C11H15NO2. The Labute approximate surface area is 83.8 Å². The predicted molar refractivity (Wildman–Crippen MR) is 55.4 cm³/mol. The van der Waals surface area contributed by atoms with Crippen molar-refractivity contribution in [1.82, 2.24) is 5.32 Å². The second kappa shape index (κ2) is 4.13. The molecule has 3 heteroatoms. The lowest BCUT2D eigenvalue weighted by Gasteiger charge is -2.10. The van der Waals surface area contributed by atoms with Crippen molar-refractivity contribution < 1.29 is 9.90 Å². The Morgan fingerprint density at radius 1 is 1.43 bits per heavy atom. The van der Waals surface area contributed by atoms with E-state index in [-0.39, 0.29) is 17.7 Å². The molecule has 0 radical (unpaired) electrons. The predicted octanol–water partition coefficient (Wildman–Crippen LogP) is 1.84. The highest BCUT2D eigenvalue weighted by molar-refractivity contribution is 5.95. The third-order valence-corrected chi connectivity index (χ3v) is 1.87. The summed E-state index contributed by atoms with van der Waals surface area (Å²) in [5.74, 6) is 0.0843. The van der Waals surface area contributed by atoms with Gasteiger partial charge in [0.25, 0.3) is 5.91 Å². The molecular weight excluding hydrogens is 178 g/mol. The van der Waals surface area contributed by atoms with Crippen LogP contribution >= 0.6 is 0 Å². The lowest BCUT2D eigenvalue weighted by atomic mass is 10.1. The van der Waals surface area contributed by atoms with Crippen molar-refractivity contribution in [3.63, 3.8) is 0 Å². The number of benzene rings is 1. The highest BCUT2D eigenvalue weighted by atomic mass is 16.3. The number of amides is 1. The summed E-state index contributed by atoms with van der Waals surface area (Å²) in [5, 5.41) is 12.0. The van der Waals surface area contributed by atoms with Gasteiger partial charge in [-0.3, -0.25) is 4.79 Å². The van der Waals surface area contributed by atoms with Crippen LogP contribution in [-0.2, 0) is 0 Å². The minimum atomic E-state index is -0.0995. The number of carbonyl (C=O) groups excluding carboxylic acids is 1. The molecule has 0 aliphatic carbocycles. The summed E-state index contributed by atoms with van der Waals surface area (Å²) < 4.78 is 0. The van der Waals surface area contributed by atoms with E-state index in [0.717, 1.165) is 5.56 Å². The number of carbonyl (C=O) groups is 1. The average molecular weight is 193 g/mol. The van der Waals surface area contributed by atoms with E-state index in [1.165, 1.54) is 6.07 Å². The van der Waals surface area contributed by atoms with E-state index >= 15 is 0 Å². The highest BCUT2D eigenvalue weighted by Gasteiger charge is 2.09. The van der Waals surface area contributed by atoms with Crippen LogP contribution in [0.1, 0.15) is 29.8 Å². The fourth-order valence-corrected chi connectivity index (χ4v) is 1.24. The number of rotatable bonds is 2. The summed E-state index contributed by atoms with van der Waals surface area (Å²) in [6.07, 6.45) is 0. The van der Waals surface area contributed by atoms with E-state index in [9.17, 15) is 4.79 Å². The average Bonchev–Trinajstić information content (AvgIpc) is 2.01. The van der Waals surface area contributed by atoms with Crippen LogP contribution in [0.2, 0.25) is 0 Å². The number of nitrogens with one attached hydrogen (secondary N) is 1. The topological polar surface area (TPSA) is 49.3 Å². The molecule has 1 aromatic carbocycles. The smallest absolute Gasteiger partial charge is 0.251 e. The first kappa shape index (κ1) is 10.6. The Balaban J connectivity index is 2.90. The van der Waals surface area contributed by atoms with Crippen LogP contribution in [0.3, 0.4) is 0 Å². The summed E-state index contributed by atoms with van der Waals surface area (Å²) in [6.45, 7) is 5.62. The number of hydrogen-bond donors (Lipinski definition) is 2. The normalized spacial score (nSPS) is 10.3. The zero-order chi connectivity index (χ0) is 10.7. The van der Waals surface area contributed by atoms with Gasteiger partial charge in [-0.25, -0.2) is 0 Å². The lowest BCUT2D eigenvalue weighted by molar-refractivity contribution is 0.0942. The third-order valence-electron chi connectivity index (χ3n) is 1.87. The van der Waals surface area contributed by atoms with Crippen molar-refractivity contribution in [3.8, 4) is 5.75 Å². The molecule has 0 fully saturated rings. The molecule has 0 aromatic heterocycles. The Kier molecular flexibility index (Phi) is 3.12. The van der Waals surface area contributed by atoms with Gasteiger partial charge in [-0.2, -0.15) is 0 Å². The number of hydrogen-bond acceptors (Lipinski definition) is 2. The van der Waals surface area contributed by atoms with Crippen molar-refractivity contribution in [3.05, 3.63) is 29.3 Å². The molecule has 1 amide bonds. The lowest BCUT2D eigenvalue weighted by Crippen LogP contribution is -2.30. The van der Waals surface area contributed by atoms with E-state index < -0.39 is 0 Å². The molecule has 0 saturated carbocycles. The van der Waals surface area contributed by atoms with Gasteiger partial charge < -0.3 is 10.4 Å². The van der Waals surface area contributed by atoms with Crippen LogP contribution in [0.25, 0.3) is 0 Å². The minimum absolute atomic E-state index is 0.0995. The van der Waals surface area contributed by atoms with Gasteiger partial charge in [0.05, 0.1) is 0 Å². The fourth-order valence-electron chi connectivity index (χ4n) is 1.24. The Morgan fingerprint density at radius 2 is 2.07 bits per heavy atom. The number of aromatic hydroxyl groups is 1. The molecule has 0 aliphatic heterocycles. The van der Waals surface area contributed by atoms with Crippen molar-refractivity contribution in [2.24, 2.45) is 0 Å². The van der Waals surface area contributed by atoms with Gasteiger partial charge in [0.1, 0.15) is 5.75 Å². The monoisotopic (exact) mass is 193 g/mol. The first-order chi connectivity index (χ1) is 6.50. The molecule has 0 unspecified atom stereocenters. The van der Waals surface area contributed by atoms with Gasteiger partial charge in [-0.1, -0.05) is 0 Å². The van der Waals surface area contributed by atoms with Crippen LogP contribution < -0.4 is 5.32 Å². The number of phenols is 1. The van der Waals surface area contributed by atoms with Crippen molar-refractivity contribution in [2.45, 2.75) is 26.8 Å². The summed E-state index contributed by atoms with van der Waals surface area (Å²) in [6, 6.07) is 4.84. The Bertz CT molecular complexity index is 345. The minimum Gasteiger partial charge on any atom is -0.508 e. The van der Waals surface area contributed by atoms with Gasteiger partial charge in [-0.15, -0.1) is 0 Å². The number of aryl methyl sites for hydroxylation is 1.